The van der Waals surface area contributed by atoms with Crippen LogP contribution in [0.2, 0.25) is 0 Å². The molecule has 0 bridgehead atoms. The van der Waals surface area contributed by atoms with E-state index < -0.39 is 5.91 Å². The largest absolute Gasteiger partial charge is 0.491 e. The zero-order valence-corrected chi connectivity index (χ0v) is 19.8. The monoisotopic (exact) mass is 481 g/mol. The number of rotatable bonds is 7. The number of aliphatic imine (C=N–C) groups is 2. The van der Waals surface area contributed by atoms with E-state index in [1.54, 1.807) is 13.4 Å². The summed E-state index contributed by atoms with van der Waals surface area (Å²) >= 11 is 0. The Bertz CT molecular complexity index is 1070. The molecule has 0 saturated carbocycles. The van der Waals surface area contributed by atoms with Crippen molar-refractivity contribution in [3.8, 4) is 11.5 Å². The van der Waals surface area contributed by atoms with Crippen LogP contribution in [0.5, 0.6) is 11.5 Å². The SMILES string of the molecule is COc1c(OCCCN2CCNCC2)ccc2c1NC=NCCN=C2NC(=O)c1cnc(N)nc1. The number of nitrogens with zero attached hydrogens (tertiary/aromatic N) is 5. The van der Waals surface area contributed by atoms with Gasteiger partial charge in [-0.25, -0.2) is 9.97 Å². The van der Waals surface area contributed by atoms with Crippen LogP contribution in [-0.2, 0) is 0 Å². The van der Waals surface area contributed by atoms with Crippen molar-refractivity contribution in [2.24, 2.45) is 9.98 Å². The smallest absolute Gasteiger partial charge is 0.259 e. The summed E-state index contributed by atoms with van der Waals surface area (Å²) in [7, 11) is 1.58. The van der Waals surface area contributed by atoms with Crippen LogP contribution in [0, 0.1) is 0 Å². The summed E-state index contributed by atoms with van der Waals surface area (Å²) in [6.45, 7) is 6.57. The van der Waals surface area contributed by atoms with Gasteiger partial charge in [-0.05, 0) is 18.6 Å². The molecule has 186 valence electrons. The normalized spacial score (nSPS) is 16.1. The molecule has 12 nitrogen and oxygen atoms in total. The number of methoxy groups -OCH3 is 1. The van der Waals surface area contributed by atoms with E-state index >= 15 is 0 Å². The highest BCUT2D eigenvalue weighted by Gasteiger charge is 2.21. The second-order valence-electron chi connectivity index (χ2n) is 8.01. The van der Waals surface area contributed by atoms with Gasteiger partial charge in [-0.2, -0.15) is 0 Å². The molecule has 1 aromatic heterocycles. The molecule has 1 saturated heterocycles. The number of carbonyl (C=O) groups excluding carboxylic acids is 1. The van der Waals surface area contributed by atoms with Crippen molar-refractivity contribution in [3.05, 3.63) is 35.7 Å². The number of fused-ring (bicyclic) bond motifs is 1. The summed E-state index contributed by atoms with van der Waals surface area (Å²) in [6.07, 6.45) is 5.24. The Kier molecular flexibility index (Phi) is 8.41. The van der Waals surface area contributed by atoms with E-state index in [4.69, 9.17) is 15.2 Å². The van der Waals surface area contributed by atoms with Crippen LogP contribution < -0.4 is 31.2 Å². The predicted molar refractivity (Wildman–Crippen MR) is 135 cm³/mol. The lowest BCUT2D eigenvalue weighted by atomic mass is 10.1. The number of ether oxygens (including phenoxy) is 2. The molecular weight excluding hydrogens is 450 g/mol. The fraction of sp³-hybridized carbons (Fsp3) is 0.435. The molecule has 0 unspecified atom stereocenters. The second kappa shape index (κ2) is 12.1. The third kappa shape index (κ3) is 6.43. The molecule has 3 heterocycles. The van der Waals surface area contributed by atoms with E-state index in [1.165, 1.54) is 12.4 Å². The molecule has 0 spiro atoms. The van der Waals surface area contributed by atoms with Crippen molar-refractivity contribution >= 4 is 29.7 Å². The van der Waals surface area contributed by atoms with E-state index in [0.717, 1.165) is 39.1 Å². The summed E-state index contributed by atoms with van der Waals surface area (Å²) in [6, 6.07) is 3.67. The number of piperazine rings is 1. The maximum atomic E-state index is 12.8. The molecule has 0 aliphatic carbocycles. The molecule has 1 aromatic carbocycles. The topological polar surface area (TPSA) is 151 Å². The molecule has 35 heavy (non-hydrogen) atoms. The Balaban J connectivity index is 1.51. The van der Waals surface area contributed by atoms with Crippen molar-refractivity contribution in [2.45, 2.75) is 6.42 Å². The van der Waals surface area contributed by atoms with Gasteiger partial charge >= 0.3 is 0 Å². The number of hydrogen-bond acceptors (Lipinski definition) is 11. The Labute approximate surface area is 204 Å². The zero-order valence-electron chi connectivity index (χ0n) is 19.8. The quantitative estimate of drug-likeness (QED) is 0.411. The lowest BCUT2D eigenvalue weighted by Gasteiger charge is -2.27. The van der Waals surface area contributed by atoms with Crippen LogP contribution in [0.3, 0.4) is 0 Å². The van der Waals surface area contributed by atoms with Gasteiger partial charge in [0.25, 0.3) is 5.91 Å². The number of amides is 1. The molecular formula is C23H31N9O3. The van der Waals surface area contributed by atoms with E-state index in [-0.39, 0.29) is 11.5 Å². The number of anilines is 2. The van der Waals surface area contributed by atoms with Gasteiger partial charge in [-0.1, -0.05) is 0 Å². The number of nitrogens with one attached hydrogen (secondary N) is 3. The number of carbonyl (C=O) groups is 1. The average Bonchev–Trinajstić information content (AvgIpc) is 2.98. The van der Waals surface area contributed by atoms with E-state index in [0.29, 0.717) is 48.3 Å². The third-order valence-corrected chi connectivity index (χ3v) is 5.63. The molecule has 0 radical (unpaired) electrons. The van der Waals surface area contributed by atoms with Gasteiger partial charge in [0.1, 0.15) is 5.84 Å². The maximum Gasteiger partial charge on any atom is 0.259 e. The van der Waals surface area contributed by atoms with Gasteiger partial charge in [0.15, 0.2) is 11.5 Å². The summed E-state index contributed by atoms with van der Waals surface area (Å²) in [4.78, 5) is 31.9. The van der Waals surface area contributed by atoms with E-state index in [1.807, 2.05) is 12.1 Å². The molecule has 5 N–H and O–H groups in total. The molecule has 4 rings (SSSR count). The lowest BCUT2D eigenvalue weighted by molar-refractivity contribution is 0.0976. The maximum absolute atomic E-state index is 12.8. The lowest BCUT2D eigenvalue weighted by Crippen LogP contribution is -2.43. The highest BCUT2D eigenvalue weighted by atomic mass is 16.5. The average molecular weight is 482 g/mol. The molecule has 2 aliphatic heterocycles. The minimum absolute atomic E-state index is 0.0956. The Morgan fingerprint density at radius 2 is 2.00 bits per heavy atom. The van der Waals surface area contributed by atoms with Crippen LogP contribution in [0.15, 0.2) is 34.5 Å². The number of nitrogens with two attached hydrogens (primary N) is 1. The van der Waals surface area contributed by atoms with Gasteiger partial charge in [-0.3, -0.25) is 14.8 Å². The van der Waals surface area contributed by atoms with Gasteiger partial charge in [0, 0.05) is 50.7 Å². The third-order valence-electron chi connectivity index (χ3n) is 5.63. The fourth-order valence-corrected chi connectivity index (χ4v) is 3.85. The molecule has 1 amide bonds. The Hall–Kier alpha value is -3.77. The molecule has 12 heteroatoms. The van der Waals surface area contributed by atoms with Crippen LogP contribution in [0.25, 0.3) is 0 Å². The minimum atomic E-state index is -0.401. The van der Waals surface area contributed by atoms with Gasteiger partial charge in [0.05, 0.1) is 44.4 Å². The van der Waals surface area contributed by atoms with Gasteiger partial charge in [-0.15, -0.1) is 0 Å². The molecule has 0 atom stereocenters. The molecule has 1 fully saturated rings. The van der Waals surface area contributed by atoms with Crippen LogP contribution in [0.4, 0.5) is 11.6 Å². The van der Waals surface area contributed by atoms with Crippen molar-refractivity contribution in [3.63, 3.8) is 0 Å². The fourth-order valence-electron chi connectivity index (χ4n) is 3.85. The second-order valence-corrected chi connectivity index (χ2v) is 8.01. The van der Waals surface area contributed by atoms with Crippen molar-refractivity contribution in [2.75, 3.05) is 70.6 Å². The van der Waals surface area contributed by atoms with E-state index in [9.17, 15) is 4.79 Å². The van der Waals surface area contributed by atoms with Crippen molar-refractivity contribution in [1.29, 1.82) is 0 Å². The highest BCUT2D eigenvalue weighted by Crippen LogP contribution is 2.38. The Morgan fingerprint density at radius 1 is 1.20 bits per heavy atom. The molecule has 2 aliphatic rings. The summed E-state index contributed by atoms with van der Waals surface area (Å²) in [5.41, 5.74) is 7.04. The first kappa shape index (κ1) is 24.4. The Morgan fingerprint density at radius 3 is 2.77 bits per heavy atom. The first-order valence-corrected chi connectivity index (χ1v) is 11.6. The summed E-state index contributed by atoms with van der Waals surface area (Å²) in [5.74, 6) is 1.18. The van der Waals surface area contributed by atoms with Crippen molar-refractivity contribution < 1.29 is 14.3 Å². The molecule has 2 aromatic rings. The van der Waals surface area contributed by atoms with E-state index in [2.05, 4.69) is 40.8 Å². The first-order chi connectivity index (χ1) is 17.2. The highest BCUT2D eigenvalue weighted by molar-refractivity contribution is 6.16. The van der Waals surface area contributed by atoms with Crippen molar-refractivity contribution in [1.82, 2.24) is 25.5 Å². The number of benzene rings is 1. The summed E-state index contributed by atoms with van der Waals surface area (Å²) < 4.78 is 11.8. The number of aromatic nitrogens is 2. The van der Waals surface area contributed by atoms with Gasteiger partial charge < -0.3 is 36.1 Å². The number of nitrogen functional groups attached to an aromatic ring is 1. The standard InChI is InChI=1S/C23H31N9O3/c1-34-20-18(35-12-2-9-32-10-7-25-8-11-32)4-3-17-19(20)30-15-26-5-6-27-21(17)31-22(33)16-13-28-23(24)29-14-16/h3-4,13-15,25H,2,5-12H2,1H3,(H,26,30)(H2,24,28,29)(H,27,31,33). The number of amidine groups is 1. The summed E-state index contributed by atoms with van der Waals surface area (Å²) in [5, 5.41) is 9.39. The number of hydrogen-bond donors (Lipinski definition) is 4. The van der Waals surface area contributed by atoms with Crippen LogP contribution in [-0.4, -0.2) is 92.5 Å². The minimum Gasteiger partial charge on any atom is -0.491 e. The van der Waals surface area contributed by atoms with Crippen LogP contribution in [0.1, 0.15) is 22.3 Å². The first-order valence-electron chi connectivity index (χ1n) is 11.6. The van der Waals surface area contributed by atoms with Gasteiger partial charge in [0.2, 0.25) is 5.95 Å². The van der Waals surface area contributed by atoms with Crippen LogP contribution >= 0.6 is 0 Å². The zero-order chi connectivity index (χ0) is 24.5. The predicted octanol–water partition coefficient (Wildman–Crippen LogP) is 0.372.